The largest absolute Gasteiger partial charge is 0.493 e. The highest BCUT2D eigenvalue weighted by molar-refractivity contribution is 6.34. The number of hydrazone groups is 1. The highest BCUT2D eigenvalue weighted by atomic mass is 35.5. The summed E-state index contributed by atoms with van der Waals surface area (Å²) in [6, 6.07) is 27.1. The molecule has 1 aromatic heterocycles. The first-order chi connectivity index (χ1) is 18.9. The number of benzene rings is 4. The van der Waals surface area contributed by atoms with Gasteiger partial charge in [0.2, 0.25) is 0 Å². The van der Waals surface area contributed by atoms with Crippen molar-refractivity contribution < 1.29 is 19.1 Å². The molecule has 0 saturated heterocycles. The van der Waals surface area contributed by atoms with Gasteiger partial charge in [0.15, 0.2) is 11.5 Å². The van der Waals surface area contributed by atoms with E-state index < -0.39 is 11.9 Å². The minimum absolute atomic E-state index is 0.271. The Hall–Kier alpha value is -4.88. The normalized spacial score (nSPS) is 11.1. The van der Waals surface area contributed by atoms with Crippen molar-refractivity contribution in [1.82, 2.24) is 10.4 Å². The molecule has 0 aliphatic carbocycles. The van der Waals surface area contributed by atoms with Crippen LogP contribution in [0.25, 0.3) is 22.0 Å². The van der Waals surface area contributed by atoms with Crippen molar-refractivity contribution in [2.24, 2.45) is 5.10 Å². The minimum Gasteiger partial charge on any atom is -0.493 e. The number of amides is 1. The Balaban J connectivity index is 1.35. The summed E-state index contributed by atoms with van der Waals surface area (Å²) in [5.41, 5.74) is 7.20. The number of carbonyl (C=O) groups is 2. The second-order valence-corrected chi connectivity index (χ2v) is 9.18. The summed E-state index contributed by atoms with van der Waals surface area (Å²) in [5, 5.41) is 5.54. The van der Waals surface area contributed by atoms with Crippen LogP contribution in [-0.2, 0) is 0 Å². The molecule has 0 spiro atoms. The summed E-state index contributed by atoms with van der Waals surface area (Å²) in [7, 11) is 1.48. The van der Waals surface area contributed by atoms with E-state index in [1.54, 1.807) is 42.5 Å². The van der Waals surface area contributed by atoms with E-state index >= 15 is 0 Å². The van der Waals surface area contributed by atoms with Crippen LogP contribution >= 0.6 is 11.6 Å². The number of methoxy groups -OCH3 is 1. The van der Waals surface area contributed by atoms with E-state index in [-0.39, 0.29) is 5.75 Å². The first kappa shape index (κ1) is 25.8. The topological polar surface area (TPSA) is 92.8 Å². The number of nitrogens with one attached hydrogen (secondary N) is 2. The Morgan fingerprint density at radius 3 is 2.51 bits per heavy atom. The average molecular weight is 538 g/mol. The molecule has 1 heterocycles. The van der Waals surface area contributed by atoms with Gasteiger partial charge in [-0.2, -0.15) is 5.10 Å². The van der Waals surface area contributed by atoms with Crippen molar-refractivity contribution in [3.8, 4) is 22.6 Å². The summed E-state index contributed by atoms with van der Waals surface area (Å²) in [4.78, 5) is 28.9. The quantitative estimate of drug-likeness (QED) is 0.103. The predicted molar refractivity (Wildman–Crippen MR) is 153 cm³/mol. The number of ether oxygens (including phenoxy) is 2. The zero-order valence-electron chi connectivity index (χ0n) is 21.2. The van der Waals surface area contributed by atoms with Gasteiger partial charge >= 0.3 is 5.97 Å². The van der Waals surface area contributed by atoms with E-state index in [2.05, 4.69) is 15.5 Å². The van der Waals surface area contributed by atoms with E-state index in [9.17, 15) is 9.59 Å². The molecule has 0 bridgehead atoms. The molecule has 0 atom stereocenters. The molecule has 4 aromatic carbocycles. The Labute approximate surface area is 230 Å². The molecule has 0 unspecified atom stereocenters. The highest BCUT2D eigenvalue weighted by Gasteiger charge is 2.20. The number of aromatic nitrogens is 1. The van der Waals surface area contributed by atoms with E-state index in [1.165, 1.54) is 13.3 Å². The summed E-state index contributed by atoms with van der Waals surface area (Å²) < 4.78 is 10.9. The fraction of sp³-hybridized carbons (Fsp3) is 0.0645. The number of rotatable bonds is 7. The molecule has 39 heavy (non-hydrogen) atoms. The van der Waals surface area contributed by atoms with Gasteiger partial charge in [-0.25, -0.2) is 10.2 Å². The van der Waals surface area contributed by atoms with E-state index in [1.807, 2.05) is 55.5 Å². The lowest BCUT2D eigenvalue weighted by atomic mass is 10.0. The molecule has 0 saturated carbocycles. The molecule has 194 valence electrons. The van der Waals surface area contributed by atoms with Gasteiger partial charge < -0.3 is 14.5 Å². The van der Waals surface area contributed by atoms with Crippen molar-refractivity contribution in [3.63, 3.8) is 0 Å². The molecule has 5 aromatic rings. The van der Waals surface area contributed by atoms with Crippen LogP contribution in [0.3, 0.4) is 0 Å². The van der Waals surface area contributed by atoms with Gasteiger partial charge in [0.25, 0.3) is 5.91 Å². The summed E-state index contributed by atoms with van der Waals surface area (Å²) in [6.45, 7) is 1.90. The van der Waals surface area contributed by atoms with Gasteiger partial charge in [0.1, 0.15) is 5.69 Å². The molecule has 0 fully saturated rings. The number of aromatic amines is 1. The van der Waals surface area contributed by atoms with E-state index in [0.717, 1.165) is 22.0 Å². The van der Waals surface area contributed by atoms with E-state index in [4.69, 9.17) is 21.1 Å². The first-order valence-electron chi connectivity index (χ1n) is 12.1. The maximum absolute atomic E-state index is 13.2. The molecular formula is C31H24ClN3O4. The molecule has 2 N–H and O–H groups in total. The minimum atomic E-state index is -0.488. The van der Waals surface area contributed by atoms with Crippen LogP contribution < -0.4 is 14.9 Å². The molecular weight excluding hydrogens is 514 g/mol. The maximum atomic E-state index is 13.2. The summed E-state index contributed by atoms with van der Waals surface area (Å²) >= 11 is 6.47. The number of nitrogens with zero attached hydrogens (tertiary/aromatic N) is 1. The lowest BCUT2D eigenvalue weighted by molar-refractivity contribution is 0.0729. The van der Waals surface area contributed by atoms with Crippen LogP contribution in [0, 0.1) is 6.92 Å². The van der Waals surface area contributed by atoms with Gasteiger partial charge in [0, 0.05) is 27.1 Å². The number of fused-ring (bicyclic) bond motifs is 1. The lowest BCUT2D eigenvalue weighted by Gasteiger charge is -2.10. The Bertz CT molecular complexity index is 1720. The number of hydrogen-bond donors (Lipinski definition) is 2. The van der Waals surface area contributed by atoms with Gasteiger partial charge in [-0.15, -0.1) is 0 Å². The van der Waals surface area contributed by atoms with Crippen LogP contribution in [0.15, 0.2) is 96.1 Å². The monoisotopic (exact) mass is 537 g/mol. The molecule has 0 aliphatic heterocycles. The van der Waals surface area contributed by atoms with Crippen molar-refractivity contribution in [2.45, 2.75) is 6.92 Å². The summed E-state index contributed by atoms with van der Waals surface area (Å²) in [6.07, 6.45) is 1.48. The molecule has 7 nitrogen and oxygen atoms in total. The third-order valence-corrected chi connectivity index (χ3v) is 6.43. The number of para-hydroxylation sites is 1. The Morgan fingerprint density at radius 2 is 1.72 bits per heavy atom. The van der Waals surface area contributed by atoms with E-state index in [0.29, 0.717) is 33.2 Å². The van der Waals surface area contributed by atoms with Crippen LogP contribution in [0.1, 0.15) is 32.0 Å². The van der Waals surface area contributed by atoms with Gasteiger partial charge in [-0.3, -0.25) is 4.79 Å². The molecule has 0 aliphatic rings. The smallest absolute Gasteiger partial charge is 0.343 e. The van der Waals surface area contributed by atoms with Crippen molar-refractivity contribution in [3.05, 3.63) is 118 Å². The zero-order chi connectivity index (χ0) is 27.4. The Kier molecular flexibility index (Phi) is 7.43. The Morgan fingerprint density at radius 1 is 0.923 bits per heavy atom. The van der Waals surface area contributed by atoms with Crippen molar-refractivity contribution in [1.29, 1.82) is 0 Å². The third kappa shape index (κ3) is 5.54. The second-order valence-electron chi connectivity index (χ2n) is 8.77. The number of halogens is 1. The van der Waals surface area contributed by atoms with Crippen LogP contribution in [0.5, 0.6) is 11.5 Å². The van der Waals surface area contributed by atoms with Crippen molar-refractivity contribution >= 4 is 40.6 Å². The van der Waals surface area contributed by atoms with Crippen LogP contribution in [0.4, 0.5) is 0 Å². The third-order valence-electron chi connectivity index (χ3n) is 6.10. The second kappa shape index (κ2) is 11.2. The zero-order valence-corrected chi connectivity index (χ0v) is 22.0. The van der Waals surface area contributed by atoms with Gasteiger partial charge in [0.05, 0.1) is 18.9 Å². The molecule has 1 amide bonds. The highest BCUT2D eigenvalue weighted by Crippen LogP contribution is 2.36. The number of H-pyrrole nitrogens is 1. The lowest BCUT2D eigenvalue weighted by Crippen LogP contribution is -2.19. The van der Waals surface area contributed by atoms with Crippen LogP contribution in [0.2, 0.25) is 5.02 Å². The first-order valence-corrected chi connectivity index (χ1v) is 12.5. The predicted octanol–water partition coefficient (Wildman–Crippen LogP) is 6.79. The standard InChI is InChI=1S/C31H24ClN3O4/c1-19-8-7-9-21(16-19)31(37)39-26-15-14-20(17-27(26)38-2)18-33-35-30(36)29-28(22-10-3-5-12-24(22)32)23-11-4-6-13-25(23)34-29/h3-18,34H,1-2H3,(H,35,36). The molecule has 5 rings (SSSR count). The van der Waals surface area contributed by atoms with Gasteiger partial charge in [-0.05, 0) is 55.0 Å². The molecule has 8 heteroatoms. The number of carbonyl (C=O) groups excluding carboxylic acids is 2. The fourth-order valence-electron chi connectivity index (χ4n) is 4.26. The maximum Gasteiger partial charge on any atom is 0.343 e. The SMILES string of the molecule is COc1cc(C=NNC(=O)c2[nH]c3ccccc3c2-c2ccccc2Cl)ccc1OC(=O)c1cccc(C)c1. The number of esters is 1. The average Bonchev–Trinajstić information content (AvgIpc) is 3.33. The number of hydrogen-bond acceptors (Lipinski definition) is 5. The molecule has 0 radical (unpaired) electrons. The van der Waals surface area contributed by atoms with Crippen LogP contribution in [-0.4, -0.2) is 30.2 Å². The van der Waals surface area contributed by atoms with Crippen molar-refractivity contribution in [2.75, 3.05) is 7.11 Å². The summed E-state index contributed by atoms with van der Waals surface area (Å²) in [5.74, 6) is -0.290. The fourth-order valence-corrected chi connectivity index (χ4v) is 4.49. The number of aryl methyl sites for hydroxylation is 1. The van der Waals surface area contributed by atoms with Gasteiger partial charge in [-0.1, -0.05) is 65.7 Å².